The number of nitrogens with zero attached hydrogens (tertiary/aromatic N) is 9. The van der Waals surface area contributed by atoms with Crippen molar-refractivity contribution < 1.29 is 113 Å². The van der Waals surface area contributed by atoms with E-state index in [0.717, 1.165) is 35.2 Å². The number of hydrogen-bond donors (Lipinski definition) is 14. The zero-order chi connectivity index (χ0) is 54.3. The summed E-state index contributed by atoms with van der Waals surface area (Å²) in [6.45, 7) is -3.39. The van der Waals surface area contributed by atoms with Gasteiger partial charge in [-0.3, -0.25) is 46.8 Å². The third-order valence-corrected chi connectivity index (χ3v) is 16.9. The molecule has 5 aromatic heterocycles. The zero-order valence-corrected chi connectivity index (χ0v) is 41.6. The normalized spacial score (nSPS) is 32.0. The van der Waals surface area contributed by atoms with E-state index in [1.807, 2.05) is 0 Å². The molecule has 0 saturated carbocycles. The van der Waals surface area contributed by atoms with E-state index in [-0.39, 0.29) is 51.5 Å². The van der Waals surface area contributed by atoms with Crippen molar-refractivity contribution in [3.63, 3.8) is 0 Å². The summed E-state index contributed by atoms with van der Waals surface area (Å²) in [7, 11) is -20.8. The van der Waals surface area contributed by atoms with Crippen molar-refractivity contribution in [1.82, 2.24) is 49.0 Å². The second-order valence-corrected chi connectivity index (χ2v) is 22.6. The highest BCUT2D eigenvalue weighted by molar-refractivity contribution is 7.66. The van der Waals surface area contributed by atoms with Crippen LogP contribution in [0.5, 0.6) is 0 Å². The standard InChI is InChI=1S/C32H43N15O24P4/c1-44-9-47(25-15(44)27(53)43-32(35)41-25)29-19(51)17(49)11(67-29)4-64-73(56,57)70-75(60,61)71-74(58,59)65-5-12-20(21(62-2)30(68-12)45-7-38-13-22(33)36-6-37-23(13)45)69-72(54,55)63-3-10-16(48)18(50)28(66-10)46-8-39-14-24(46)40-31(34)42-26(14)52/h6-12,16-21,28-30,48-51H,3-5H2,1-2H3,(H11-,33,34,35,36,37,40,41,42,43,52,53,54,55,56,57,58,59,60,61)/p+2/t10?,11-,12?,16-,17-,18-,19-,20-,21-,28-,29-,30-/m1/s1. The van der Waals surface area contributed by atoms with Crippen LogP contribution in [-0.4, -0.2) is 195 Å². The van der Waals surface area contributed by atoms with Crippen LogP contribution in [0.3, 0.4) is 0 Å². The molecule has 0 radical (unpaired) electrons. The molecular formula is C32H45N15O24P4+2. The van der Waals surface area contributed by atoms with Gasteiger partial charge in [-0.1, -0.05) is 0 Å². The fourth-order valence-corrected chi connectivity index (χ4v) is 12.9. The number of nitrogens with one attached hydrogen (secondary N) is 3. The first-order valence-corrected chi connectivity index (χ1v) is 27.2. The number of ether oxygens (including phenoxy) is 4. The van der Waals surface area contributed by atoms with Gasteiger partial charge in [0.25, 0.3) is 17.6 Å². The monoisotopic (exact) mass is 1150 g/mol. The van der Waals surface area contributed by atoms with E-state index in [2.05, 4.69) is 48.5 Å². The molecule has 5 aromatic rings. The van der Waals surface area contributed by atoms with Gasteiger partial charge < -0.3 is 76.1 Å². The molecule has 410 valence electrons. The molecule has 0 bridgehead atoms. The lowest BCUT2D eigenvalue weighted by molar-refractivity contribution is -0.715. The number of methoxy groups -OCH3 is 1. The lowest BCUT2D eigenvalue weighted by Crippen LogP contribution is -3.03. The van der Waals surface area contributed by atoms with E-state index >= 15 is 0 Å². The van der Waals surface area contributed by atoms with E-state index in [1.54, 1.807) is 0 Å². The Kier molecular flexibility index (Phi) is 14.9. The van der Waals surface area contributed by atoms with Crippen LogP contribution in [0.15, 0.2) is 28.6 Å². The average Bonchev–Trinajstić information content (AvgIpc) is 4.17. The average molecular weight is 1150 g/mol. The highest BCUT2D eigenvalue weighted by Crippen LogP contribution is 2.68. The van der Waals surface area contributed by atoms with Crippen LogP contribution in [0.2, 0.25) is 0 Å². The maximum absolute atomic E-state index is 13.7. The van der Waals surface area contributed by atoms with E-state index in [9.17, 15) is 67.8 Å². The van der Waals surface area contributed by atoms with Gasteiger partial charge in [0.2, 0.25) is 12.2 Å². The van der Waals surface area contributed by atoms with Crippen LogP contribution in [0.1, 0.15) is 12.5 Å². The Morgan fingerprint density at radius 3 is 1.91 bits per heavy atom. The predicted octanol–water partition coefficient (Wildman–Crippen LogP) is -5.83. The van der Waals surface area contributed by atoms with E-state index < -0.39 is 136 Å². The third-order valence-electron chi connectivity index (χ3n) is 11.7. The minimum absolute atomic E-state index is 0.00689. The summed E-state index contributed by atoms with van der Waals surface area (Å²) < 4.78 is 108. The summed E-state index contributed by atoms with van der Waals surface area (Å²) in [6.07, 6.45) is -15.7. The van der Waals surface area contributed by atoms with Gasteiger partial charge in [-0.05, 0) is 0 Å². The summed E-state index contributed by atoms with van der Waals surface area (Å²) in [4.78, 5) is 96.0. The molecule has 0 aliphatic carbocycles. The summed E-state index contributed by atoms with van der Waals surface area (Å²) in [6, 6.07) is 0. The van der Waals surface area contributed by atoms with Crippen LogP contribution in [0.25, 0.3) is 22.3 Å². The summed E-state index contributed by atoms with van der Waals surface area (Å²) >= 11 is 0. The quantitative estimate of drug-likeness (QED) is 0.0270. The molecule has 9 heterocycles. The molecule has 4 aliphatic rings. The molecule has 17 N–H and O–H groups in total. The minimum atomic E-state index is -6.20. The molecule has 0 aromatic carbocycles. The van der Waals surface area contributed by atoms with Gasteiger partial charge in [-0.25, -0.2) is 43.1 Å². The fourth-order valence-electron chi connectivity index (χ4n) is 8.38. The Morgan fingerprint density at radius 1 is 0.680 bits per heavy atom. The van der Waals surface area contributed by atoms with Crippen molar-refractivity contribution in [2.75, 3.05) is 51.2 Å². The maximum atomic E-state index is 13.7. The molecule has 9 rings (SSSR count). The Morgan fingerprint density at radius 2 is 1.24 bits per heavy atom. The minimum Gasteiger partial charge on any atom is -0.387 e. The molecule has 75 heavy (non-hydrogen) atoms. The number of phosphoric acid groups is 4. The summed E-state index contributed by atoms with van der Waals surface area (Å²) in [5.41, 5.74) is 15.6. The number of phosphoric ester groups is 3. The number of H-pyrrole nitrogens is 2. The molecule has 0 amide bonds. The zero-order valence-electron chi connectivity index (χ0n) is 38.0. The number of aliphatic hydroxyl groups excluding tert-OH is 4. The number of nitrogen functional groups attached to an aromatic ring is 3. The summed E-state index contributed by atoms with van der Waals surface area (Å²) in [5, 5.41) is 43.2. The number of anilines is 3. The highest BCUT2D eigenvalue weighted by atomic mass is 31.3. The molecule has 39 nitrogen and oxygen atoms in total. The number of aromatic amines is 2. The molecule has 17 atom stereocenters. The topological polar surface area (TPSA) is 561 Å². The highest BCUT2D eigenvalue weighted by Gasteiger charge is 2.55. The van der Waals surface area contributed by atoms with Crippen LogP contribution in [0.4, 0.5) is 29.2 Å². The maximum Gasteiger partial charge on any atom is 0.490 e. The Labute approximate surface area is 415 Å². The van der Waals surface area contributed by atoms with Crippen molar-refractivity contribution in [3.05, 3.63) is 39.7 Å². The van der Waals surface area contributed by atoms with Gasteiger partial charge in [-0.15, -0.1) is 4.58 Å². The van der Waals surface area contributed by atoms with Gasteiger partial charge in [0.1, 0.15) is 66.8 Å². The first-order valence-electron chi connectivity index (χ1n) is 21.3. The van der Waals surface area contributed by atoms with Gasteiger partial charge >= 0.3 is 48.6 Å². The second-order valence-electron chi connectivity index (χ2n) is 16.6. The SMILES string of the molecule is CO[C@@H]1[C@H](OP(=O)(O)OCC2O[C@@H](n3cnc4c(=O)[nH]c(N)nc43)[C@H](O)[C@@H]2O)C(COP(=O)(O)OP(=O)(O)OP(=O)(O)OC[C@H]2O[C@@H]([N+]3=C[NH+](C)c4c3nc(N)[nH]c4=O)[C@H](O)[C@@H]2O)O[C@H]1n1cnc2c(N)ncnc21. The Hall–Kier alpha value is -4.99. The largest absolute Gasteiger partial charge is 0.490 e. The number of quaternary nitrogens is 1. The van der Waals surface area contributed by atoms with Crippen LogP contribution in [0, 0.1) is 0 Å². The molecule has 7 unspecified atom stereocenters. The number of imidazole rings is 2. The number of nitrogens with two attached hydrogens (primary N) is 3. The predicted molar refractivity (Wildman–Crippen MR) is 240 cm³/mol. The third kappa shape index (κ3) is 11.0. The van der Waals surface area contributed by atoms with Gasteiger partial charge in [0, 0.05) is 12.1 Å². The lowest BCUT2D eigenvalue weighted by Gasteiger charge is -2.26. The molecule has 3 saturated heterocycles. The Bertz CT molecular complexity index is 3360. The van der Waals surface area contributed by atoms with E-state index in [1.165, 1.54) is 18.0 Å². The van der Waals surface area contributed by atoms with Gasteiger partial charge in [0.05, 0.1) is 39.5 Å². The van der Waals surface area contributed by atoms with Crippen LogP contribution < -0.4 is 33.2 Å². The van der Waals surface area contributed by atoms with Crippen LogP contribution >= 0.6 is 31.3 Å². The van der Waals surface area contributed by atoms with Crippen molar-refractivity contribution in [1.29, 1.82) is 0 Å². The molecule has 43 heteroatoms. The van der Waals surface area contributed by atoms with E-state index in [0.29, 0.717) is 4.90 Å². The van der Waals surface area contributed by atoms with Gasteiger partial charge in [0.15, 0.2) is 35.1 Å². The first-order chi connectivity index (χ1) is 35.2. The van der Waals surface area contributed by atoms with Crippen molar-refractivity contribution in [2.24, 2.45) is 0 Å². The number of fused-ring (bicyclic) bond motifs is 3. The fraction of sp³-hybridized carbons (Fsp3) is 0.531. The smallest absolute Gasteiger partial charge is 0.387 e. The number of rotatable bonds is 19. The van der Waals surface area contributed by atoms with Crippen molar-refractivity contribution in [3.8, 4) is 0 Å². The van der Waals surface area contributed by atoms with Crippen LogP contribution in [-0.2, 0) is 63.9 Å². The van der Waals surface area contributed by atoms with Gasteiger partial charge in [-0.2, -0.15) is 13.6 Å². The number of hydrogen-bond acceptors (Lipinski definition) is 29. The Balaban J connectivity index is 0.857. The molecule has 0 spiro atoms. The second kappa shape index (κ2) is 20.4. The first kappa shape index (κ1) is 54.8. The lowest BCUT2D eigenvalue weighted by atomic mass is 10.1. The molecule has 4 aliphatic heterocycles. The number of aliphatic hydroxyl groups is 4. The molecule has 3 fully saturated rings. The van der Waals surface area contributed by atoms with Crippen molar-refractivity contribution >= 4 is 89.2 Å². The number of aromatic nitrogens is 10. The van der Waals surface area contributed by atoms with E-state index in [4.69, 9.17) is 54.2 Å². The molecular weight excluding hydrogens is 1100 g/mol. The van der Waals surface area contributed by atoms with Crippen molar-refractivity contribution in [2.45, 2.75) is 73.6 Å². The summed E-state index contributed by atoms with van der Waals surface area (Å²) in [5.74, 6) is -0.767.